The minimum Gasteiger partial charge on any atom is -0.354 e. The van der Waals surface area contributed by atoms with Crippen LogP contribution >= 0.6 is 0 Å². The zero-order chi connectivity index (χ0) is 6.97. The van der Waals surface area contributed by atoms with E-state index in [1.165, 1.54) is 6.34 Å². The largest absolute Gasteiger partial charge is 0.354 e. The predicted octanol–water partition coefficient (Wildman–Crippen LogP) is -0.874. The van der Waals surface area contributed by atoms with Crippen LogP contribution in [-0.2, 0) is 0 Å². The van der Waals surface area contributed by atoms with Crippen LogP contribution in [0.2, 0.25) is 0 Å². The first kappa shape index (κ1) is 5.40. The molecule has 2 heterocycles. The number of fused-ring (bicyclic) bond motifs is 1. The molecule has 0 aliphatic carbocycles. The molecule has 0 aromatic carbocycles. The van der Waals surface area contributed by atoms with Gasteiger partial charge in [-0.05, 0) is 0 Å². The number of nitrogens with one attached hydrogen (secondary N) is 3. The Balaban J connectivity index is 2.27. The fourth-order valence-corrected chi connectivity index (χ4v) is 1.01. The van der Waals surface area contributed by atoms with Crippen LogP contribution in [0, 0.1) is 11.3 Å². The lowest BCUT2D eigenvalue weighted by molar-refractivity contribution is 0.507. The van der Waals surface area contributed by atoms with Gasteiger partial charge in [0.05, 0.1) is 12.3 Å². The maximum atomic E-state index is 7.35. The van der Waals surface area contributed by atoms with E-state index in [1.807, 2.05) is 0 Å². The van der Waals surface area contributed by atoms with Crippen LogP contribution in [0.4, 0.5) is 0 Å². The number of nitrogens with zero attached hydrogens (tertiary/aromatic N) is 2. The molecule has 0 saturated carbocycles. The van der Waals surface area contributed by atoms with Gasteiger partial charge in [0.1, 0.15) is 12.0 Å². The highest BCUT2D eigenvalue weighted by molar-refractivity contribution is 6.02. The van der Waals surface area contributed by atoms with Crippen molar-refractivity contribution >= 4 is 18.4 Å². The lowest BCUT2D eigenvalue weighted by Crippen LogP contribution is -2.47. The second kappa shape index (κ2) is 1.80. The molecular weight excluding hydrogens is 130 g/mol. The Morgan fingerprint density at radius 3 is 3.30 bits per heavy atom. The van der Waals surface area contributed by atoms with Crippen molar-refractivity contribution in [2.75, 3.05) is 0 Å². The Labute approximate surface area is 57.7 Å². The fraction of sp³-hybridized carbons (Fsp3) is 0.400. The molecule has 2 unspecified atom stereocenters. The highest BCUT2D eigenvalue weighted by Crippen LogP contribution is 2.08. The van der Waals surface area contributed by atoms with E-state index in [2.05, 4.69) is 20.8 Å². The number of hydrazone groups is 1. The Morgan fingerprint density at radius 2 is 2.50 bits per heavy atom. The van der Waals surface area contributed by atoms with E-state index in [-0.39, 0.29) is 12.1 Å². The van der Waals surface area contributed by atoms with Crippen molar-refractivity contribution in [1.82, 2.24) is 10.7 Å². The Hall–Kier alpha value is -1.39. The van der Waals surface area contributed by atoms with Crippen molar-refractivity contribution in [3.8, 4) is 0 Å². The van der Waals surface area contributed by atoms with Gasteiger partial charge in [-0.1, -0.05) is 0 Å². The van der Waals surface area contributed by atoms with Gasteiger partial charge in [-0.25, -0.2) is 4.99 Å². The maximum Gasteiger partial charge on any atom is 0.134 e. The first-order valence-corrected chi connectivity index (χ1v) is 3.03. The van der Waals surface area contributed by atoms with Gasteiger partial charge in [-0.15, -0.1) is 0 Å². The summed E-state index contributed by atoms with van der Waals surface area (Å²) in [6.45, 7) is 0. The van der Waals surface area contributed by atoms with E-state index in [1.54, 1.807) is 6.21 Å². The third kappa shape index (κ3) is 0.601. The molecule has 2 rings (SSSR count). The monoisotopic (exact) mass is 137 g/mol. The lowest BCUT2D eigenvalue weighted by Gasteiger charge is -2.20. The van der Waals surface area contributed by atoms with Crippen molar-refractivity contribution in [3.05, 3.63) is 0 Å². The zero-order valence-electron chi connectivity index (χ0n) is 5.20. The molecule has 0 fully saturated rings. The van der Waals surface area contributed by atoms with Crippen LogP contribution in [0.3, 0.4) is 0 Å². The maximum absolute atomic E-state index is 7.35. The van der Waals surface area contributed by atoms with Crippen LogP contribution in [0.25, 0.3) is 0 Å². The van der Waals surface area contributed by atoms with Gasteiger partial charge in [0.25, 0.3) is 0 Å². The summed E-state index contributed by atoms with van der Waals surface area (Å²) in [5, 5.41) is 14.1. The summed E-state index contributed by atoms with van der Waals surface area (Å²) in [6, 6.07) is 0. The first-order valence-electron chi connectivity index (χ1n) is 3.03. The molecule has 3 N–H and O–H groups in total. The van der Waals surface area contributed by atoms with Gasteiger partial charge in [-0.3, -0.25) is 10.8 Å². The first-order chi connectivity index (χ1) is 4.88. The molecule has 0 saturated heterocycles. The standard InChI is InChI=1S/C5H7N5/c6-4-3-1-9-10-5(3)8-2-7-4/h1-3,5,10H,(H2,6,7,8). The number of aliphatic imine (C=N–C) groups is 1. The molecule has 2 aliphatic heterocycles. The Bertz CT molecular complexity index is 218. The summed E-state index contributed by atoms with van der Waals surface area (Å²) >= 11 is 0. The summed E-state index contributed by atoms with van der Waals surface area (Å²) in [4.78, 5) is 3.79. The van der Waals surface area contributed by atoms with Gasteiger partial charge in [0.2, 0.25) is 0 Å². The number of amidine groups is 1. The van der Waals surface area contributed by atoms with Crippen LogP contribution in [-0.4, -0.2) is 24.6 Å². The molecular formula is C5H7N5. The quantitative estimate of drug-likeness (QED) is 0.406. The Morgan fingerprint density at radius 1 is 1.60 bits per heavy atom. The predicted molar refractivity (Wildman–Crippen MR) is 38.3 cm³/mol. The number of rotatable bonds is 0. The van der Waals surface area contributed by atoms with E-state index < -0.39 is 0 Å². The van der Waals surface area contributed by atoms with Crippen molar-refractivity contribution in [1.29, 1.82) is 5.41 Å². The van der Waals surface area contributed by atoms with Gasteiger partial charge in [0.15, 0.2) is 0 Å². The Kier molecular flexibility index (Phi) is 0.969. The minimum atomic E-state index is 0.00463. The van der Waals surface area contributed by atoms with Gasteiger partial charge in [-0.2, -0.15) is 5.10 Å². The fourth-order valence-electron chi connectivity index (χ4n) is 1.01. The third-order valence-corrected chi connectivity index (χ3v) is 1.58. The lowest BCUT2D eigenvalue weighted by atomic mass is 10.1. The smallest absolute Gasteiger partial charge is 0.134 e. The molecule has 10 heavy (non-hydrogen) atoms. The van der Waals surface area contributed by atoms with E-state index in [4.69, 9.17) is 5.41 Å². The van der Waals surface area contributed by atoms with Crippen molar-refractivity contribution < 1.29 is 0 Å². The van der Waals surface area contributed by atoms with Crippen LogP contribution in [0.15, 0.2) is 10.1 Å². The molecule has 2 aliphatic rings. The average Bonchev–Trinajstić information content (AvgIpc) is 2.36. The van der Waals surface area contributed by atoms with E-state index in [0.717, 1.165) is 0 Å². The summed E-state index contributed by atoms with van der Waals surface area (Å²) in [5.74, 6) is 0.363. The number of hydrogen-bond acceptors (Lipinski definition) is 4. The molecule has 5 heteroatoms. The molecule has 0 radical (unpaired) electrons. The molecule has 5 nitrogen and oxygen atoms in total. The summed E-state index contributed by atoms with van der Waals surface area (Å²) in [6.07, 6.45) is 3.26. The molecule has 0 amide bonds. The van der Waals surface area contributed by atoms with Gasteiger partial charge >= 0.3 is 0 Å². The molecule has 0 aromatic heterocycles. The summed E-state index contributed by atoms with van der Waals surface area (Å²) < 4.78 is 0. The second-order valence-electron chi connectivity index (χ2n) is 2.22. The highest BCUT2D eigenvalue weighted by Gasteiger charge is 2.29. The molecule has 0 aromatic rings. The molecule has 52 valence electrons. The normalized spacial score (nSPS) is 35.0. The molecule has 2 atom stereocenters. The average molecular weight is 137 g/mol. The minimum absolute atomic E-state index is 0.00463. The topological polar surface area (TPSA) is 72.6 Å². The van der Waals surface area contributed by atoms with Gasteiger partial charge in [0, 0.05) is 6.21 Å². The van der Waals surface area contributed by atoms with Crippen LogP contribution < -0.4 is 10.7 Å². The SMILES string of the molecule is N=C1N=CNC2NN=CC12. The number of hydrogen-bond donors (Lipinski definition) is 3. The van der Waals surface area contributed by atoms with E-state index in [0.29, 0.717) is 5.84 Å². The van der Waals surface area contributed by atoms with Gasteiger partial charge < -0.3 is 5.32 Å². The van der Waals surface area contributed by atoms with Crippen LogP contribution in [0.1, 0.15) is 0 Å². The summed E-state index contributed by atoms with van der Waals surface area (Å²) in [5.41, 5.74) is 2.82. The van der Waals surface area contributed by atoms with Crippen molar-refractivity contribution in [3.63, 3.8) is 0 Å². The van der Waals surface area contributed by atoms with E-state index in [9.17, 15) is 0 Å². The molecule has 0 bridgehead atoms. The zero-order valence-corrected chi connectivity index (χ0v) is 5.20. The second-order valence-corrected chi connectivity index (χ2v) is 2.22. The van der Waals surface area contributed by atoms with Crippen molar-refractivity contribution in [2.45, 2.75) is 6.17 Å². The van der Waals surface area contributed by atoms with Crippen molar-refractivity contribution in [2.24, 2.45) is 16.0 Å². The van der Waals surface area contributed by atoms with Crippen LogP contribution in [0.5, 0.6) is 0 Å². The third-order valence-electron chi connectivity index (χ3n) is 1.58. The molecule has 0 spiro atoms. The highest BCUT2D eigenvalue weighted by atomic mass is 15.4. The van der Waals surface area contributed by atoms with E-state index >= 15 is 0 Å². The summed E-state index contributed by atoms with van der Waals surface area (Å²) in [7, 11) is 0.